The number of furan rings is 1. The van der Waals surface area contributed by atoms with Gasteiger partial charge in [-0.2, -0.15) is 8.42 Å². The summed E-state index contributed by atoms with van der Waals surface area (Å²) in [6.07, 6.45) is 0. The lowest BCUT2D eigenvalue weighted by Crippen LogP contribution is -2.18. The fourth-order valence-electron chi connectivity index (χ4n) is 3.02. The lowest BCUT2D eigenvalue weighted by Gasteiger charge is -2.15. The van der Waals surface area contributed by atoms with Crippen LogP contribution in [0.3, 0.4) is 0 Å². The maximum absolute atomic E-state index is 14.2. The van der Waals surface area contributed by atoms with Gasteiger partial charge < -0.3 is 9.52 Å². The van der Waals surface area contributed by atoms with Crippen LogP contribution in [-0.2, 0) is 20.0 Å². The van der Waals surface area contributed by atoms with Crippen molar-refractivity contribution in [2.45, 2.75) is 9.99 Å². The van der Waals surface area contributed by atoms with Crippen molar-refractivity contribution < 1.29 is 35.5 Å². The van der Waals surface area contributed by atoms with Crippen LogP contribution in [0.25, 0.3) is 11.0 Å². The molecule has 1 aromatic heterocycles. The molecular weight excluding hydrogens is 511 g/mol. The van der Waals surface area contributed by atoms with Gasteiger partial charge in [0.2, 0.25) is 5.09 Å². The number of rotatable bonds is 7. The molecule has 0 unspecified atom stereocenters. The third kappa shape index (κ3) is 4.69. The van der Waals surface area contributed by atoms with Crippen LogP contribution in [0.5, 0.6) is 0 Å². The Kier molecular flexibility index (Phi) is 5.98. The van der Waals surface area contributed by atoms with E-state index in [1.165, 1.54) is 12.1 Å². The first-order valence-electron chi connectivity index (χ1n) is 9.33. The Hall–Kier alpha value is -3.61. The average molecular weight is 525 g/mol. The maximum atomic E-state index is 14.2. The van der Waals surface area contributed by atoms with Crippen LogP contribution in [-0.4, -0.2) is 27.9 Å². The molecule has 0 atom stereocenters. The lowest BCUT2D eigenvalue weighted by molar-refractivity contribution is 0.0696. The van der Waals surface area contributed by atoms with Gasteiger partial charge in [0.15, 0.2) is 0 Å². The quantitative estimate of drug-likeness (QED) is 0.322. The number of hydrogen-bond acceptors (Lipinski definition) is 6. The smallest absolute Gasteiger partial charge is 0.335 e. The summed E-state index contributed by atoms with van der Waals surface area (Å²) in [6.45, 7) is 0. The second-order valence-corrected chi connectivity index (χ2v) is 10.7. The molecule has 0 aliphatic rings. The Morgan fingerprint density at radius 1 is 0.882 bits per heavy atom. The summed E-state index contributed by atoms with van der Waals surface area (Å²) in [6, 6.07) is 13.7. The molecule has 13 heteroatoms. The number of carboxylic acid groups (broad SMARTS) is 1. The SMILES string of the molecule is O=C(O)c1ccc(F)c(S(=O)(=O)Nc2ccc(Cl)cc2NS(=O)(=O)c2cc3ccccc3o2)c1. The highest BCUT2D eigenvalue weighted by Gasteiger charge is 2.25. The van der Waals surface area contributed by atoms with E-state index in [1.54, 1.807) is 24.3 Å². The third-order valence-electron chi connectivity index (χ3n) is 4.61. The maximum Gasteiger partial charge on any atom is 0.335 e. The zero-order valence-electron chi connectivity index (χ0n) is 16.8. The van der Waals surface area contributed by atoms with Crippen LogP contribution in [0.1, 0.15) is 10.4 Å². The van der Waals surface area contributed by atoms with Gasteiger partial charge in [0.05, 0.1) is 16.9 Å². The number of carboxylic acids is 1. The molecule has 0 aliphatic heterocycles. The van der Waals surface area contributed by atoms with Crippen LogP contribution in [0.15, 0.2) is 81.1 Å². The van der Waals surface area contributed by atoms with Crippen molar-refractivity contribution in [2.24, 2.45) is 0 Å². The number of carbonyl (C=O) groups is 1. The monoisotopic (exact) mass is 524 g/mol. The number of anilines is 2. The Bertz CT molecular complexity index is 1620. The first-order chi connectivity index (χ1) is 16.0. The standard InChI is InChI=1S/C21H14ClFN2O7S2/c22-14-6-8-16(24-33(28,29)19-9-13(21(26)27)5-7-15(19)23)17(11-14)25-34(30,31)20-10-12-3-1-2-4-18(12)32-20/h1-11,24-25H,(H,26,27). The van der Waals surface area contributed by atoms with Crippen LogP contribution in [0.2, 0.25) is 5.02 Å². The van der Waals surface area contributed by atoms with Crippen molar-refractivity contribution in [3.05, 3.63) is 83.1 Å². The highest BCUT2D eigenvalue weighted by molar-refractivity contribution is 7.93. The largest absolute Gasteiger partial charge is 0.478 e. The summed E-state index contributed by atoms with van der Waals surface area (Å²) in [4.78, 5) is 10.2. The van der Waals surface area contributed by atoms with Gasteiger partial charge in [0.1, 0.15) is 16.3 Å². The summed E-state index contributed by atoms with van der Waals surface area (Å²) in [5.74, 6) is -2.65. The van der Waals surface area contributed by atoms with E-state index in [0.29, 0.717) is 23.1 Å². The molecule has 0 spiro atoms. The summed E-state index contributed by atoms with van der Waals surface area (Å²) in [5.41, 5.74) is -0.692. The summed E-state index contributed by atoms with van der Waals surface area (Å²) in [7, 11) is -8.99. The molecule has 3 N–H and O–H groups in total. The van der Waals surface area contributed by atoms with Gasteiger partial charge >= 0.3 is 5.97 Å². The Morgan fingerprint density at radius 3 is 2.29 bits per heavy atom. The number of fused-ring (bicyclic) bond motifs is 1. The Morgan fingerprint density at radius 2 is 1.59 bits per heavy atom. The Labute approximate surface area is 197 Å². The molecule has 0 saturated heterocycles. The second kappa shape index (κ2) is 8.63. The predicted octanol–water partition coefficient (Wildman–Crippen LogP) is 4.53. The third-order valence-corrected chi connectivity index (χ3v) is 7.44. The van der Waals surface area contributed by atoms with Crippen LogP contribution >= 0.6 is 11.6 Å². The second-order valence-electron chi connectivity index (χ2n) is 6.95. The predicted molar refractivity (Wildman–Crippen MR) is 123 cm³/mol. The fourth-order valence-corrected chi connectivity index (χ4v) is 5.41. The molecule has 1 heterocycles. The van der Waals surface area contributed by atoms with E-state index in [2.05, 4.69) is 9.44 Å². The van der Waals surface area contributed by atoms with Crippen molar-refractivity contribution in [3.63, 3.8) is 0 Å². The number of hydrogen-bond donors (Lipinski definition) is 3. The van der Waals surface area contributed by atoms with Crippen molar-refractivity contribution >= 4 is 60.0 Å². The molecule has 0 fully saturated rings. The van der Waals surface area contributed by atoms with Gasteiger partial charge in [0.25, 0.3) is 20.0 Å². The minimum Gasteiger partial charge on any atom is -0.478 e. The normalized spacial score (nSPS) is 11.9. The summed E-state index contributed by atoms with van der Waals surface area (Å²) >= 11 is 5.96. The first-order valence-corrected chi connectivity index (χ1v) is 12.7. The van der Waals surface area contributed by atoms with Gasteiger partial charge in [0, 0.05) is 16.5 Å². The molecule has 0 saturated carbocycles. The van der Waals surface area contributed by atoms with Gasteiger partial charge in [-0.05, 0) is 42.5 Å². The molecular formula is C21H14ClFN2O7S2. The van der Waals surface area contributed by atoms with Crippen LogP contribution < -0.4 is 9.44 Å². The number of para-hydroxylation sites is 1. The van der Waals surface area contributed by atoms with E-state index in [4.69, 9.17) is 21.1 Å². The molecule has 4 rings (SSSR count). The number of sulfonamides is 2. The highest BCUT2D eigenvalue weighted by atomic mass is 35.5. The zero-order valence-corrected chi connectivity index (χ0v) is 19.2. The highest BCUT2D eigenvalue weighted by Crippen LogP contribution is 2.32. The van der Waals surface area contributed by atoms with Gasteiger partial charge in [-0.15, -0.1) is 0 Å². The zero-order chi connectivity index (χ0) is 24.7. The molecule has 0 bridgehead atoms. The van der Waals surface area contributed by atoms with E-state index in [1.807, 2.05) is 0 Å². The van der Waals surface area contributed by atoms with E-state index >= 15 is 0 Å². The van der Waals surface area contributed by atoms with E-state index in [0.717, 1.165) is 18.2 Å². The van der Waals surface area contributed by atoms with Crippen molar-refractivity contribution in [3.8, 4) is 0 Å². The summed E-state index contributed by atoms with van der Waals surface area (Å²) in [5, 5.41) is 9.26. The molecule has 3 aromatic carbocycles. The van der Waals surface area contributed by atoms with Crippen LogP contribution in [0, 0.1) is 5.82 Å². The number of nitrogens with one attached hydrogen (secondary N) is 2. The molecule has 0 radical (unpaired) electrons. The number of aromatic carboxylic acids is 1. The molecule has 176 valence electrons. The van der Waals surface area contributed by atoms with Crippen molar-refractivity contribution in [1.82, 2.24) is 0 Å². The van der Waals surface area contributed by atoms with Crippen molar-refractivity contribution in [1.29, 1.82) is 0 Å². The van der Waals surface area contributed by atoms with Gasteiger partial charge in [-0.3, -0.25) is 9.44 Å². The topological polar surface area (TPSA) is 143 Å². The minimum atomic E-state index is -4.67. The number of benzene rings is 3. The fraction of sp³-hybridized carbons (Fsp3) is 0. The average Bonchev–Trinajstić information content (AvgIpc) is 3.21. The molecule has 0 aliphatic carbocycles. The van der Waals surface area contributed by atoms with E-state index < -0.39 is 47.4 Å². The summed E-state index contributed by atoms with van der Waals surface area (Å²) < 4.78 is 75.3. The van der Waals surface area contributed by atoms with Gasteiger partial charge in [-0.1, -0.05) is 29.8 Å². The number of halogens is 2. The molecule has 9 nitrogen and oxygen atoms in total. The first kappa shape index (κ1) is 23.5. The molecule has 0 amide bonds. The lowest BCUT2D eigenvalue weighted by atomic mass is 10.2. The van der Waals surface area contributed by atoms with Crippen molar-refractivity contribution in [2.75, 3.05) is 9.44 Å². The van der Waals surface area contributed by atoms with E-state index in [9.17, 15) is 26.0 Å². The van der Waals surface area contributed by atoms with Gasteiger partial charge in [-0.25, -0.2) is 17.6 Å². The minimum absolute atomic E-state index is 0.0734. The Balaban J connectivity index is 1.72. The molecule has 34 heavy (non-hydrogen) atoms. The van der Waals surface area contributed by atoms with E-state index in [-0.39, 0.29) is 16.4 Å². The molecule has 4 aromatic rings. The van der Waals surface area contributed by atoms with Crippen LogP contribution in [0.4, 0.5) is 15.8 Å².